The molecule has 0 atom stereocenters. The van der Waals surface area contributed by atoms with Gasteiger partial charge in [0.1, 0.15) is 0 Å². The van der Waals surface area contributed by atoms with Crippen molar-refractivity contribution < 1.29 is 14.3 Å². The molecule has 24 heavy (non-hydrogen) atoms. The third-order valence-electron chi connectivity index (χ3n) is 3.83. The topological polar surface area (TPSA) is 75.7 Å². The lowest BCUT2D eigenvalue weighted by atomic mass is 10.1. The van der Waals surface area contributed by atoms with Crippen LogP contribution in [-0.4, -0.2) is 23.9 Å². The lowest BCUT2D eigenvalue weighted by Crippen LogP contribution is -2.19. The molecule has 0 unspecified atom stereocenters. The third kappa shape index (κ3) is 2.81. The van der Waals surface area contributed by atoms with E-state index in [4.69, 9.17) is 9.47 Å². The lowest BCUT2D eigenvalue weighted by Gasteiger charge is -2.00. The Hall–Kier alpha value is -3.28. The van der Waals surface area contributed by atoms with Gasteiger partial charge in [-0.2, -0.15) is 5.10 Å². The molecule has 2 N–H and O–H groups in total. The van der Waals surface area contributed by atoms with Crippen LogP contribution in [-0.2, 0) is 11.2 Å². The van der Waals surface area contributed by atoms with Crippen LogP contribution in [0.4, 0.5) is 0 Å². The first-order chi connectivity index (χ1) is 11.8. The minimum atomic E-state index is -0.170. The second-order valence-corrected chi connectivity index (χ2v) is 5.44. The molecular weight excluding hydrogens is 306 g/mol. The summed E-state index contributed by atoms with van der Waals surface area (Å²) in [6, 6.07) is 13.4. The van der Waals surface area contributed by atoms with E-state index in [1.165, 1.54) is 0 Å². The molecule has 3 aromatic rings. The number of carbonyl (C=O) groups is 1. The van der Waals surface area contributed by atoms with Crippen molar-refractivity contribution in [3.05, 3.63) is 59.8 Å². The van der Waals surface area contributed by atoms with Crippen molar-refractivity contribution in [1.82, 2.24) is 10.4 Å². The summed E-state index contributed by atoms with van der Waals surface area (Å²) >= 11 is 0. The molecule has 6 nitrogen and oxygen atoms in total. The second kappa shape index (κ2) is 6.08. The van der Waals surface area contributed by atoms with Crippen molar-refractivity contribution in [2.45, 2.75) is 6.42 Å². The summed E-state index contributed by atoms with van der Waals surface area (Å²) in [4.78, 5) is 15.2. The fourth-order valence-corrected chi connectivity index (χ4v) is 2.66. The van der Waals surface area contributed by atoms with Crippen molar-refractivity contribution in [2.75, 3.05) is 6.79 Å². The summed E-state index contributed by atoms with van der Waals surface area (Å²) in [5.41, 5.74) is 5.34. The van der Waals surface area contributed by atoms with Gasteiger partial charge in [0.15, 0.2) is 11.5 Å². The number of H-pyrrole nitrogens is 1. The number of hydrogen-bond donors (Lipinski definition) is 2. The van der Waals surface area contributed by atoms with Crippen LogP contribution >= 0.6 is 0 Å². The molecular formula is C18H15N3O3. The zero-order chi connectivity index (χ0) is 16.4. The average Bonchev–Trinajstić information content (AvgIpc) is 3.22. The molecule has 1 amide bonds. The number of hydrazone groups is 1. The molecule has 0 radical (unpaired) electrons. The van der Waals surface area contributed by atoms with Crippen LogP contribution in [0.2, 0.25) is 0 Å². The number of nitrogens with zero attached hydrogens (tertiary/aromatic N) is 1. The first kappa shape index (κ1) is 14.3. The van der Waals surface area contributed by atoms with Crippen molar-refractivity contribution in [3.63, 3.8) is 0 Å². The summed E-state index contributed by atoms with van der Waals surface area (Å²) in [6.07, 6.45) is 3.70. The van der Waals surface area contributed by atoms with Crippen molar-refractivity contribution >= 4 is 23.0 Å². The van der Waals surface area contributed by atoms with Gasteiger partial charge in [0.2, 0.25) is 12.7 Å². The van der Waals surface area contributed by atoms with E-state index in [9.17, 15) is 4.79 Å². The first-order valence-electron chi connectivity index (χ1n) is 7.56. The number of hydrogen-bond acceptors (Lipinski definition) is 4. The number of benzene rings is 2. The maximum Gasteiger partial charge on any atom is 0.244 e. The largest absolute Gasteiger partial charge is 0.454 e. The van der Waals surface area contributed by atoms with E-state index in [1.807, 2.05) is 48.7 Å². The molecule has 120 valence electrons. The van der Waals surface area contributed by atoms with E-state index < -0.39 is 0 Å². The van der Waals surface area contributed by atoms with E-state index in [0.717, 1.165) is 27.8 Å². The molecule has 2 heterocycles. The van der Waals surface area contributed by atoms with Crippen LogP contribution in [0.1, 0.15) is 11.1 Å². The predicted molar refractivity (Wildman–Crippen MR) is 90.3 cm³/mol. The van der Waals surface area contributed by atoms with Gasteiger partial charge in [0, 0.05) is 17.1 Å². The number of carbonyl (C=O) groups excluding carboxylic acids is 1. The number of rotatable bonds is 4. The number of aromatic nitrogens is 1. The standard InChI is InChI=1S/C18H15N3O3/c22-18(8-13-10-19-15-4-2-1-3-14(13)15)21-20-9-12-5-6-16-17(7-12)24-11-23-16/h1-7,9-10,19H,8,11H2,(H,21,22)/b20-9-. The maximum absolute atomic E-state index is 12.0. The molecule has 0 bridgehead atoms. The van der Waals surface area contributed by atoms with Crippen molar-refractivity contribution in [2.24, 2.45) is 5.10 Å². The molecule has 0 fully saturated rings. The normalized spacial score (nSPS) is 12.8. The fraction of sp³-hybridized carbons (Fsp3) is 0.111. The Balaban J connectivity index is 1.39. The van der Waals surface area contributed by atoms with Crippen LogP contribution in [0.5, 0.6) is 11.5 Å². The fourth-order valence-electron chi connectivity index (χ4n) is 2.66. The smallest absolute Gasteiger partial charge is 0.244 e. The Labute approximate surface area is 138 Å². The van der Waals surface area contributed by atoms with Gasteiger partial charge in [-0.05, 0) is 35.4 Å². The van der Waals surface area contributed by atoms with Gasteiger partial charge in [-0.25, -0.2) is 5.43 Å². The number of nitrogens with one attached hydrogen (secondary N) is 2. The number of amides is 1. The predicted octanol–water partition coefficient (Wildman–Crippen LogP) is 2.59. The average molecular weight is 321 g/mol. The Morgan fingerprint density at radius 1 is 1.21 bits per heavy atom. The van der Waals surface area contributed by atoms with Crippen molar-refractivity contribution in [3.8, 4) is 11.5 Å². The highest BCUT2D eigenvalue weighted by Gasteiger charge is 2.12. The number of fused-ring (bicyclic) bond motifs is 2. The zero-order valence-electron chi connectivity index (χ0n) is 12.8. The summed E-state index contributed by atoms with van der Waals surface area (Å²) in [5, 5.41) is 5.05. The lowest BCUT2D eigenvalue weighted by molar-refractivity contribution is -0.120. The van der Waals surface area contributed by atoms with Gasteiger partial charge in [-0.1, -0.05) is 18.2 Å². The monoisotopic (exact) mass is 321 g/mol. The van der Waals surface area contributed by atoms with Gasteiger partial charge in [0.25, 0.3) is 0 Å². The van der Waals surface area contributed by atoms with Gasteiger partial charge >= 0.3 is 0 Å². The second-order valence-electron chi connectivity index (χ2n) is 5.44. The number of ether oxygens (including phenoxy) is 2. The Morgan fingerprint density at radius 2 is 2.08 bits per heavy atom. The van der Waals surface area contributed by atoms with Crippen LogP contribution in [0.25, 0.3) is 10.9 Å². The van der Waals surface area contributed by atoms with Crippen LogP contribution in [0, 0.1) is 0 Å². The first-order valence-corrected chi connectivity index (χ1v) is 7.56. The summed E-state index contributed by atoms with van der Waals surface area (Å²) in [5.74, 6) is 1.23. The molecule has 1 aliphatic heterocycles. The van der Waals surface area contributed by atoms with Crippen molar-refractivity contribution in [1.29, 1.82) is 0 Å². The summed E-state index contributed by atoms with van der Waals surface area (Å²) < 4.78 is 10.6. The van der Waals surface area contributed by atoms with E-state index in [2.05, 4.69) is 15.5 Å². The Morgan fingerprint density at radius 3 is 3.04 bits per heavy atom. The van der Waals surface area contributed by atoms with E-state index in [1.54, 1.807) is 6.21 Å². The van der Waals surface area contributed by atoms with Gasteiger partial charge in [-0.3, -0.25) is 4.79 Å². The molecule has 2 aromatic carbocycles. The zero-order valence-corrected chi connectivity index (χ0v) is 12.8. The Kier molecular flexibility index (Phi) is 3.63. The molecule has 0 aliphatic carbocycles. The van der Waals surface area contributed by atoms with Gasteiger partial charge < -0.3 is 14.5 Å². The number of para-hydroxylation sites is 1. The van der Waals surface area contributed by atoms with Crippen LogP contribution < -0.4 is 14.9 Å². The molecule has 0 saturated heterocycles. The molecule has 0 saturated carbocycles. The molecule has 1 aliphatic rings. The molecule has 1 aromatic heterocycles. The minimum Gasteiger partial charge on any atom is -0.454 e. The van der Waals surface area contributed by atoms with E-state index in [0.29, 0.717) is 5.75 Å². The highest BCUT2D eigenvalue weighted by molar-refractivity contribution is 5.89. The molecule has 6 heteroatoms. The highest BCUT2D eigenvalue weighted by Crippen LogP contribution is 2.31. The third-order valence-corrected chi connectivity index (χ3v) is 3.83. The van der Waals surface area contributed by atoms with Crippen LogP contribution in [0.3, 0.4) is 0 Å². The minimum absolute atomic E-state index is 0.170. The molecule has 4 rings (SSSR count). The summed E-state index contributed by atoms with van der Waals surface area (Å²) in [6.45, 7) is 0.233. The molecule has 0 spiro atoms. The van der Waals surface area contributed by atoms with Gasteiger partial charge in [0.05, 0.1) is 12.6 Å². The Bertz CT molecular complexity index is 930. The van der Waals surface area contributed by atoms with E-state index >= 15 is 0 Å². The number of aromatic amines is 1. The highest BCUT2D eigenvalue weighted by atomic mass is 16.7. The summed E-state index contributed by atoms with van der Waals surface area (Å²) in [7, 11) is 0. The SMILES string of the molecule is O=C(Cc1c[nH]c2ccccc12)N/N=C\c1ccc2c(c1)OCO2. The van der Waals surface area contributed by atoms with E-state index in [-0.39, 0.29) is 19.1 Å². The quantitative estimate of drug-likeness (QED) is 0.573. The van der Waals surface area contributed by atoms with Gasteiger partial charge in [-0.15, -0.1) is 0 Å². The van der Waals surface area contributed by atoms with Crippen LogP contribution in [0.15, 0.2) is 53.8 Å². The maximum atomic E-state index is 12.0.